The standard InChI is InChI=1S/C14H18F2O2/c1-14(2,3)13-11(16)4-8(15)5-12(13)18-10-6-9(17)7-10/h4-5,9-10,17H,6-7H2,1-3H3. The number of hydrogen-bond donors (Lipinski definition) is 1. The van der Waals surface area contributed by atoms with Crippen LogP contribution < -0.4 is 4.74 Å². The third kappa shape index (κ3) is 2.64. The molecule has 1 N–H and O–H groups in total. The molecule has 1 aliphatic carbocycles. The lowest BCUT2D eigenvalue weighted by Crippen LogP contribution is -2.38. The summed E-state index contributed by atoms with van der Waals surface area (Å²) in [5, 5.41) is 9.21. The van der Waals surface area contributed by atoms with Crippen LogP contribution in [0.4, 0.5) is 8.78 Å². The summed E-state index contributed by atoms with van der Waals surface area (Å²) >= 11 is 0. The average molecular weight is 256 g/mol. The Kier molecular flexibility index (Phi) is 3.32. The van der Waals surface area contributed by atoms with E-state index in [0.717, 1.165) is 6.07 Å². The van der Waals surface area contributed by atoms with E-state index in [0.29, 0.717) is 18.4 Å². The van der Waals surface area contributed by atoms with Crippen LogP contribution >= 0.6 is 0 Å². The molecule has 0 spiro atoms. The minimum absolute atomic E-state index is 0.151. The van der Waals surface area contributed by atoms with Crippen LogP contribution in [0.1, 0.15) is 39.2 Å². The van der Waals surface area contributed by atoms with E-state index in [2.05, 4.69) is 0 Å². The third-order valence-electron chi connectivity index (χ3n) is 3.13. The fourth-order valence-corrected chi connectivity index (χ4v) is 2.18. The van der Waals surface area contributed by atoms with Gasteiger partial charge < -0.3 is 9.84 Å². The molecule has 0 saturated heterocycles. The van der Waals surface area contributed by atoms with Crippen LogP contribution in [-0.2, 0) is 5.41 Å². The Balaban J connectivity index is 2.32. The van der Waals surface area contributed by atoms with Crippen molar-refractivity contribution >= 4 is 0 Å². The average Bonchev–Trinajstić information content (AvgIpc) is 2.11. The van der Waals surface area contributed by atoms with Crippen LogP contribution in [-0.4, -0.2) is 17.3 Å². The number of rotatable bonds is 2. The highest BCUT2D eigenvalue weighted by Gasteiger charge is 2.32. The quantitative estimate of drug-likeness (QED) is 0.880. The molecule has 0 bridgehead atoms. The molecule has 2 rings (SSSR count). The normalized spacial score (nSPS) is 23.7. The van der Waals surface area contributed by atoms with E-state index < -0.39 is 17.0 Å². The molecular formula is C14H18F2O2. The van der Waals surface area contributed by atoms with E-state index in [9.17, 15) is 13.9 Å². The molecule has 100 valence electrons. The molecule has 1 fully saturated rings. The first-order chi connectivity index (χ1) is 8.27. The SMILES string of the molecule is CC(C)(C)c1c(F)cc(F)cc1OC1CC(O)C1. The largest absolute Gasteiger partial charge is 0.490 e. The van der Waals surface area contributed by atoms with Gasteiger partial charge in [0.1, 0.15) is 23.5 Å². The summed E-state index contributed by atoms with van der Waals surface area (Å²) in [5.74, 6) is -0.982. The number of halogens is 2. The third-order valence-corrected chi connectivity index (χ3v) is 3.13. The molecule has 4 heteroatoms. The van der Waals surface area contributed by atoms with E-state index in [1.54, 1.807) is 0 Å². The lowest BCUT2D eigenvalue weighted by atomic mass is 9.85. The Bertz CT molecular complexity index is 446. The van der Waals surface area contributed by atoms with Gasteiger partial charge in [-0.3, -0.25) is 0 Å². The molecule has 0 atom stereocenters. The van der Waals surface area contributed by atoms with Gasteiger partial charge in [0.2, 0.25) is 0 Å². The summed E-state index contributed by atoms with van der Waals surface area (Å²) in [7, 11) is 0. The maximum absolute atomic E-state index is 13.9. The molecule has 0 amide bonds. The van der Waals surface area contributed by atoms with Crippen LogP contribution in [0.2, 0.25) is 0 Å². The zero-order valence-electron chi connectivity index (χ0n) is 10.8. The number of hydrogen-bond acceptors (Lipinski definition) is 2. The molecule has 0 heterocycles. The van der Waals surface area contributed by atoms with Crippen LogP contribution in [0, 0.1) is 11.6 Å². The van der Waals surface area contributed by atoms with E-state index in [4.69, 9.17) is 4.74 Å². The van der Waals surface area contributed by atoms with Gasteiger partial charge in [-0.1, -0.05) is 20.8 Å². The second-order valence-electron chi connectivity index (χ2n) is 5.88. The zero-order valence-corrected chi connectivity index (χ0v) is 10.8. The second kappa shape index (κ2) is 4.50. The monoisotopic (exact) mass is 256 g/mol. The van der Waals surface area contributed by atoms with E-state index in [1.807, 2.05) is 20.8 Å². The summed E-state index contributed by atoms with van der Waals surface area (Å²) in [5.41, 5.74) is -0.0829. The van der Waals surface area contributed by atoms with Gasteiger partial charge in [0, 0.05) is 30.5 Å². The molecule has 1 aromatic carbocycles. The number of aliphatic hydroxyl groups excluding tert-OH is 1. The van der Waals surface area contributed by atoms with Gasteiger partial charge in [0.05, 0.1) is 6.10 Å². The molecule has 0 aliphatic heterocycles. The van der Waals surface area contributed by atoms with E-state index >= 15 is 0 Å². The molecule has 0 radical (unpaired) electrons. The number of benzene rings is 1. The van der Waals surface area contributed by atoms with Crippen molar-refractivity contribution in [2.45, 2.75) is 51.2 Å². The van der Waals surface area contributed by atoms with Crippen molar-refractivity contribution in [2.24, 2.45) is 0 Å². The van der Waals surface area contributed by atoms with Crippen LogP contribution in [0.3, 0.4) is 0 Å². The molecule has 1 aliphatic rings. The van der Waals surface area contributed by atoms with Gasteiger partial charge in [-0.05, 0) is 5.41 Å². The van der Waals surface area contributed by atoms with Crippen molar-refractivity contribution in [3.63, 3.8) is 0 Å². The number of aliphatic hydroxyl groups is 1. The predicted molar refractivity (Wildman–Crippen MR) is 64.7 cm³/mol. The van der Waals surface area contributed by atoms with Crippen LogP contribution in [0.5, 0.6) is 5.75 Å². The molecule has 18 heavy (non-hydrogen) atoms. The Morgan fingerprint density at radius 2 is 1.83 bits per heavy atom. The van der Waals surface area contributed by atoms with Crippen molar-refractivity contribution < 1.29 is 18.6 Å². The van der Waals surface area contributed by atoms with Crippen LogP contribution in [0.15, 0.2) is 12.1 Å². The van der Waals surface area contributed by atoms with Gasteiger partial charge >= 0.3 is 0 Å². The first-order valence-corrected chi connectivity index (χ1v) is 6.11. The van der Waals surface area contributed by atoms with Crippen molar-refractivity contribution in [2.75, 3.05) is 0 Å². The van der Waals surface area contributed by atoms with Gasteiger partial charge in [-0.2, -0.15) is 0 Å². The first-order valence-electron chi connectivity index (χ1n) is 6.11. The molecule has 2 nitrogen and oxygen atoms in total. The fourth-order valence-electron chi connectivity index (χ4n) is 2.18. The summed E-state index contributed by atoms with van der Waals surface area (Å²) in [6.45, 7) is 5.56. The van der Waals surface area contributed by atoms with E-state index in [1.165, 1.54) is 6.07 Å². The van der Waals surface area contributed by atoms with Crippen molar-refractivity contribution in [3.05, 3.63) is 29.3 Å². The molecule has 1 saturated carbocycles. The van der Waals surface area contributed by atoms with E-state index in [-0.39, 0.29) is 18.0 Å². The zero-order chi connectivity index (χ0) is 13.5. The maximum Gasteiger partial charge on any atom is 0.133 e. The molecule has 0 unspecified atom stereocenters. The van der Waals surface area contributed by atoms with Gasteiger partial charge in [-0.25, -0.2) is 8.78 Å². The fraction of sp³-hybridized carbons (Fsp3) is 0.571. The topological polar surface area (TPSA) is 29.5 Å². The molecule has 1 aromatic rings. The second-order valence-corrected chi connectivity index (χ2v) is 5.88. The highest BCUT2D eigenvalue weighted by molar-refractivity contribution is 5.40. The van der Waals surface area contributed by atoms with Gasteiger partial charge in [0.15, 0.2) is 0 Å². The summed E-state index contributed by atoms with van der Waals surface area (Å²) in [4.78, 5) is 0. The molecular weight excluding hydrogens is 238 g/mol. The highest BCUT2D eigenvalue weighted by Crippen LogP contribution is 2.37. The molecule has 0 aromatic heterocycles. The van der Waals surface area contributed by atoms with Crippen molar-refractivity contribution in [1.82, 2.24) is 0 Å². The summed E-state index contributed by atoms with van der Waals surface area (Å²) in [6, 6.07) is 2.09. The Labute approximate surface area is 106 Å². The lowest BCUT2D eigenvalue weighted by molar-refractivity contribution is -0.0118. The van der Waals surface area contributed by atoms with Crippen molar-refractivity contribution in [3.8, 4) is 5.75 Å². The minimum Gasteiger partial charge on any atom is -0.490 e. The Hall–Kier alpha value is -1.16. The van der Waals surface area contributed by atoms with Gasteiger partial charge in [0.25, 0.3) is 0 Å². The maximum atomic E-state index is 13.9. The highest BCUT2D eigenvalue weighted by atomic mass is 19.1. The summed E-state index contributed by atoms with van der Waals surface area (Å²) in [6.07, 6.45) is 0.525. The van der Waals surface area contributed by atoms with Gasteiger partial charge in [-0.15, -0.1) is 0 Å². The Morgan fingerprint density at radius 3 is 2.33 bits per heavy atom. The predicted octanol–water partition coefficient (Wildman–Crippen LogP) is 3.16. The lowest BCUT2D eigenvalue weighted by Gasteiger charge is -2.33. The summed E-state index contributed by atoms with van der Waals surface area (Å²) < 4.78 is 32.8. The van der Waals surface area contributed by atoms with Crippen molar-refractivity contribution in [1.29, 1.82) is 0 Å². The number of ether oxygens (including phenoxy) is 1. The Morgan fingerprint density at radius 1 is 1.22 bits per heavy atom. The minimum atomic E-state index is -0.643. The first kappa shape index (κ1) is 13.3. The van der Waals surface area contributed by atoms with Crippen LogP contribution in [0.25, 0.3) is 0 Å². The smallest absolute Gasteiger partial charge is 0.133 e.